The molecule has 8 nitrogen and oxygen atoms in total. The van der Waals surface area contributed by atoms with E-state index in [2.05, 4.69) is 20.1 Å². The van der Waals surface area contributed by atoms with Crippen molar-refractivity contribution >= 4 is 16.9 Å². The van der Waals surface area contributed by atoms with Crippen LogP contribution >= 0.6 is 0 Å². The quantitative estimate of drug-likeness (QED) is 0.779. The summed E-state index contributed by atoms with van der Waals surface area (Å²) in [6.07, 6.45) is 3.29. The van der Waals surface area contributed by atoms with Crippen LogP contribution in [0, 0.1) is 0 Å². The molecular formula is C17H19N5O3. The number of carbonyl (C=O) groups excluding carboxylic acids is 1. The SMILES string of the molecule is COCC(=O)N1CCC(c2nc(-c3ccc4nc[nH]c4c3)no2)CC1. The van der Waals surface area contributed by atoms with Crippen molar-refractivity contribution in [3.05, 3.63) is 30.4 Å². The molecule has 0 bridgehead atoms. The third kappa shape index (κ3) is 3.12. The third-order valence-electron chi connectivity index (χ3n) is 4.58. The number of hydrogen-bond donors (Lipinski definition) is 1. The number of aromatic nitrogens is 4. The molecule has 0 spiro atoms. The number of aromatic amines is 1. The summed E-state index contributed by atoms with van der Waals surface area (Å²) in [5, 5.41) is 4.12. The Kier molecular flexibility index (Phi) is 4.19. The lowest BCUT2D eigenvalue weighted by Gasteiger charge is -2.30. The molecule has 4 rings (SSSR count). The number of fused-ring (bicyclic) bond motifs is 1. The van der Waals surface area contributed by atoms with Crippen molar-refractivity contribution in [1.29, 1.82) is 0 Å². The summed E-state index contributed by atoms with van der Waals surface area (Å²) in [5.74, 6) is 1.42. The highest BCUT2D eigenvalue weighted by Gasteiger charge is 2.27. The van der Waals surface area contributed by atoms with Gasteiger partial charge in [-0.3, -0.25) is 4.79 Å². The molecule has 1 aliphatic rings. The number of likely N-dealkylation sites (tertiary alicyclic amines) is 1. The highest BCUT2D eigenvalue weighted by molar-refractivity contribution is 5.79. The van der Waals surface area contributed by atoms with Crippen LogP contribution in [0.15, 0.2) is 29.0 Å². The van der Waals surface area contributed by atoms with Crippen LogP contribution in [0.5, 0.6) is 0 Å². The van der Waals surface area contributed by atoms with Gasteiger partial charge in [0.15, 0.2) is 0 Å². The second-order valence-corrected chi connectivity index (χ2v) is 6.18. The Balaban J connectivity index is 1.46. The molecule has 1 amide bonds. The molecule has 3 aromatic rings. The summed E-state index contributed by atoms with van der Waals surface area (Å²) in [6.45, 7) is 1.50. The fourth-order valence-corrected chi connectivity index (χ4v) is 3.18. The largest absolute Gasteiger partial charge is 0.375 e. The summed E-state index contributed by atoms with van der Waals surface area (Å²) in [4.78, 5) is 25.5. The third-order valence-corrected chi connectivity index (χ3v) is 4.58. The standard InChI is InChI=1S/C17H19N5O3/c1-24-9-15(23)22-6-4-11(5-7-22)17-20-16(21-25-17)12-2-3-13-14(8-12)19-10-18-13/h2-3,8,10-11H,4-7,9H2,1H3,(H,18,19). The molecule has 0 aliphatic carbocycles. The van der Waals surface area contributed by atoms with Gasteiger partial charge in [0.2, 0.25) is 17.6 Å². The molecule has 2 aromatic heterocycles. The van der Waals surface area contributed by atoms with E-state index in [0.29, 0.717) is 24.8 Å². The molecule has 25 heavy (non-hydrogen) atoms. The Hall–Kier alpha value is -2.74. The number of rotatable bonds is 4. The van der Waals surface area contributed by atoms with Gasteiger partial charge in [0.25, 0.3) is 0 Å². The number of H-pyrrole nitrogens is 1. The normalized spacial score (nSPS) is 15.8. The van der Waals surface area contributed by atoms with Crippen molar-refractivity contribution in [3.8, 4) is 11.4 Å². The average molecular weight is 341 g/mol. The van der Waals surface area contributed by atoms with E-state index in [9.17, 15) is 4.79 Å². The van der Waals surface area contributed by atoms with Crippen molar-refractivity contribution in [1.82, 2.24) is 25.0 Å². The van der Waals surface area contributed by atoms with E-state index in [1.165, 1.54) is 7.11 Å². The minimum Gasteiger partial charge on any atom is -0.375 e. The van der Waals surface area contributed by atoms with E-state index in [1.54, 1.807) is 6.33 Å². The smallest absolute Gasteiger partial charge is 0.248 e. The van der Waals surface area contributed by atoms with Crippen molar-refractivity contribution in [2.45, 2.75) is 18.8 Å². The van der Waals surface area contributed by atoms with Gasteiger partial charge in [-0.15, -0.1) is 0 Å². The molecule has 0 unspecified atom stereocenters. The van der Waals surface area contributed by atoms with E-state index in [0.717, 1.165) is 29.4 Å². The van der Waals surface area contributed by atoms with E-state index in [4.69, 9.17) is 9.26 Å². The topological polar surface area (TPSA) is 97.1 Å². The number of nitrogens with one attached hydrogen (secondary N) is 1. The van der Waals surface area contributed by atoms with Crippen LogP contribution in [-0.4, -0.2) is 57.7 Å². The lowest BCUT2D eigenvalue weighted by Crippen LogP contribution is -2.39. The Bertz CT molecular complexity index is 879. The van der Waals surface area contributed by atoms with Crippen molar-refractivity contribution < 1.29 is 14.1 Å². The number of piperidine rings is 1. The Morgan fingerprint density at radius 1 is 1.40 bits per heavy atom. The van der Waals surface area contributed by atoms with Gasteiger partial charge in [0.05, 0.1) is 17.4 Å². The van der Waals surface area contributed by atoms with Crippen LogP contribution < -0.4 is 0 Å². The molecule has 0 radical (unpaired) electrons. The summed E-state index contributed by atoms with van der Waals surface area (Å²) in [5.41, 5.74) is 2.73. The second kappa shape index (κ2) is 6.64. The zero-order valence-corrected chi connectivity index (χ0v) is 13.9. The van der Waals surface area contributed by atoms with Crippen molar-refractivity contribution in [2.24, 2.45) is 0 Å². The number of carbonyl (C=O) groups is 1. The lowest BCUT2D eigenvalue weighted by molar-refractivity contribution is -0.136. The van der Waals surface area contributed by atoms with E-state index >= 15 is 0 Å². The van der Waals surface area contributed by atoms with Gasteiger partial charge in [-0.2, -0.15) is 4.98 Å². The van der Waals surface area contributed by atoms with Crippen LogP contribution in [0.4, 0.5) is 0 Å². The number of amides is 1. The molecular weight excluding hydrogens is 322 g/mol. The van der Waals surface area contributed by atoms with Crippen molar-refractivity contribution in [2.75, 3.05) is 26.8 Å². The summed E-state index contributed by atoms with van der Waals surface area (Å²) >= 11 is 0. The zero-order chi connectivity index (χ0) is 17.2. The molecule has 1 saturated heterocycles. The van der Waals surface area contributed by atoms with Crippen LogP contribution in [-0.2, 0) is 9.53 Å². The summed E-state index contributed by atoms with van der Waals surface area (Å²) in [6, 6.07) is 5.82. The Labute approximate surface area is 144 Å². The van der Waals surface area contributed by atoms with Gasteiger partial charge in [-0.25, -0.2) is 4.98 Å². The molecule has 8 heteroatoms. The van der Waals surface area contributed by atoms with Gasteiger partial charge in [-0.1, -0.05) is 5.16 Å². The van der Waals surface area contributed by atoms with Gasteiger partial charge >= 0.3 is 0 Å². The van der Waals surface area contributed by atoms with Crippen LogP contribution in [0.2, 0.25) is 0 Å². The van der Waals surface area contributed by atoms with Gasteiger partial charge in [-0.05, 0) is 31.0 Å². The number of methoxy groups -OCH3 is 1. The maximum absolute atomic E-state index is 11.9. The fraction of sp³-hybridized carbons (Fsp3) is 0.412. The first-order valence-electron chi connectivity index (χ1n) is 8.28. The molecule has 130 valence electrons. The zero-order valence-electron chi connectivity index (χ0n) is 13.9. The van der Waals surface area contributed by atoms with Crippen molar-refractivity contribution in [3.63, 3.8) is 0 Å². The molecule has 0 saturated carbocycles. The highest BCUT2D eigenvalue weighted by Crippen LogP contribution is 2.29. The molecule has 1 aromatic carbocycles. The van der Waals surface area contributed by atoms with Crippen LogP contribution in [0.3, 0.4) is 0 Å². The van der Waals surface area contributed by atoms with Crippen LogP contribution in [0.1, 0.15) is 24.7 Å². The first kappa shape index (κ1) is 15.8. The average Bonchev–Trinajstić information content (AvgIpc) is 3.31. The summed E-state index contributed by atoms with van der Waals surface area (Å²) in [7, 11) is 1.53. The molecule has 1 fully saturated rings. The first-order chi connectivity index (χ1) is 12.2. The Morgan fingerprint density at radius 3 is 3.04 bits per heavy atom. The maximum Gasteiger partial charge on any atom is 0.248 e. The predicted molar refractivity (Wildman–Crippen MR) is 89.8 cm³/mol. The molecule has 1 N–H and O–H groups in total. The first-order valence-corrected chi connectivity index (χ1v) is 8.28. The number of hydrogen-bond acceptors (Lipinski definition) is 6. The molecule has 0 atom stereocenters. The van der Waals surface area contributed by atoms with E-state index in [1.807, 2.05) is 23.1 Å². The number of imidazole rings is 1. The lowest BCUT2D eigenvalue weighted by atomic mass is 9.97. The summed E-state index contributed by atoms with van der Waals surface area (Å²) < 4.78 is 10.4. The number of nitrogens with zero attached hydrogens (tertiary/aromatic N) is 4. The minimum absolute atomic E-state index is 0.0278. The number of ether oxygens (including phenoxy) is 1. The van der Waals surface area contributed by atoms with Gasteiger partial charge in [0.1, 0.15) is 6.61 Å². The number of benzene rings is 1. The van der Waals surface area contributed by atoms with E-state index in [-0.39, 0.29) is 18.4 Å². The fourth-order valence-electron chi connectivity index (χ4n) is 3.18. The molecule has 3 heterocycles. The molecule has 1 aliphatic heterocycles. The minimum atomic E-state index is 0.0278. The van der Waals surface area contributed by atoms with Gasteiger partial charge in [0, 0.05) is 31.7 Å². The predicted octanol–water partition coefficient (Wildman–Crippen LogP) is 1.97. The van der Waals surface area contributed by atoms with E-state index < -0.39 is 0 Å². The second-order valence-electron chi connectivity index (χ2n) is 6.18. The maximum atomic E-state index is 11.9. The monoisotopic (exact) mass is 341 g/mol. The Morgan fingerprint density at radius 2 is 2.24 bits per heavy atom. The highest BCUT2D eigenvalue weighted by atomic mass is 16.5. The van der Waals surface area contributed by atoms with Crippen LogP contribution in [0.25, 0.3) is 22.4 Å². The van der Waals surface area contributed by atoms with Gasteiger partial charge < -0.3 is 19.1 Å².